The van der Waals surface area contributed by atoms with E-state index in [1.165, 1.54) is 6.92 Å². The van der Waals surface area contributed by atoms with Crippen LogP contribution >= 0.6 is 0 Å². The SMILES string of the molecule is CC(O)CNCCNC(=O)C(C(F)(F)F)C(F)(F)F. The highest BCUT2D eigenvalue weighted by Gasteiger charge is 2.60. The molecule has 0 aliphatic carbocycles. The Morgan fingerprint density at radius 3 is 1.95 bits per heavy atom. The molecule has 1 unspecified atom stereocenters. The van der Waals surface area contributed by atoms with Crippen molar-refractivity contribution in [2.75, 3.05) is 19.6 Å². The van der Waals surface area contributed by atoms with Crippen molar-refractivity contribution in [2.45, 2.75) is 25.4 Å². The highest BCUT2D eigenvalue weighted by atomic mass is 19.4. The van der Waals surface area contributed by atoms with E-state index in [1.807, 2.05) is 0 Å². The number of carbonyl (C=O) groups excluding carboxylic acids is 1. The van der Waals surface area contributed by atoms with Crippen LogP contribution in [0.3, 0.4) is 0 Å². The summed E-state index contributed by atoms with van der Waals surface area (Å²) in [5.74, 6) is -6.17. The van der Waals surface area contributed by atoms with Crippen molar-refractivity contribution in [1.82, 2.24) is 10.6 Å². The van der Waals surface area contributed by atoms with Gasteiger partial charge in [0.1, 0.15) is 0 Å². The minimum absolute atomic E-state index is 0.0565. The highest BCUT2D eigenvalue weighted by Crippen LogP contribution is 2.39. The number of nitrogens with one attached hydrogen (secondary N) is 2. The van der Waals surface area contributed by atoms with Gasteiger partial charge in [-0.15, -0.1) is 0 Å². The summed E-state index contributed by atoms with van der Waals surface area (Å²) in [7, 11) is 0. The molecular weight excluding hydrogens is 282 g/mol. The normalized spacial score (nSPS) is 14.6. The van der Waals surface area contributed by atoms with Crippen LogP contribution in [0.2, 0.25) is 0 Å². The maximum atomic E-state index is 12.1. The first-order valence-corrected chi connectivity index (χ1v) is 5.26. The van der Waals surface area contributed by atoms with Gasteiger partial charge in [-0.1, -0.05) is 0 Å². The van der Waals surface area contributed by atoms with Crippen LogP contribution in [0, 0.1) is 5.92 Å². The Hall–Kier alpha value is -1.03. The molecule has 0 spiro atoms. The lowest BCUT2D eigenvalue weighted by molar-refractivity contribution is -0.274. The van der Waals surface area contributed by atoms with Gasteiger partial charge in [0.2, 0.25) is 11.8 Å². The summed E-state index contributed by atoms with van der Waals surface area (Å²) >= 11 is 0. The van der Waals surface area contributed by atoms with E-state index in [0.717, 1.165) is 0 Å². The number of alkyl halides is 6. The average Bonchev–Trinajstić information content (AvgIpc) is 2.11. The molecule has 3 N–H and O–H groups in total. The first kappa shape index (κ1) is 18.0. The summed E-state index contributed by atoms with van der Waals surface area (Å²) < 4.78 is 72.7. The van der Waals surface area contributed by atoms with Gasteiger partial charge < -0.3 is 15.7 Å². The smallest absolute Gasteiger partial charge is 0.392 e. The van der Waals surface area contributed by atoms with Crippen molar-refractivity contribution in [3.63, 3.8) is 0 Å². The lowest BCUT2D eigenvalue weighted by Gasteiger charge is -2.22. The molecule has 0 heterocycles. The van der Waals surface area contributed by atoms with Crippen molar-refractivity contribution in [2.24, 2.45) is 5.92 Å². The van der Waals surface area contributed by atoms with Crippen LogP contribution in [0.1, 0.15) is 6.92 Å². The Kier molecular flexibility index (Phi) is 6.57. The van der Waals surface area contributed by atoms with E-state index in [2.05, 4.69) is 5.32 Å². The largest absolute Gasteiger partial charge is 0.409 e. The molecule has 0 rings (SSSR count). The predicted octanol–water partition coefficient (Wildman–Crippen LogP) is 0.814. The quantitative estimate of drug-likeness (QED) is 0.502. The molecule has 114 valence electrons. The van der Waals surface area contributed by atoms with Crippen molar-refractivity contribution >= 4 is 5.91 Å². The molecule has 0 aliphatic heterocycles. The molecule has 4 nitrogen and oxygen atoms in total. The summed E-state index contributed by atoms with van der Waals surface area (Å²) in [4.78, 5) is 10.9. The van der Waals surface area contributed by atoms with E-state index in [9.17, 15) is 31.1 Å². The number of rotatable bonds is 6. The zero-order valence-electron chi connectivity index (χ0n) is 9.90. The first-order valence-electron chi connectivity index (χ1n) is 5.26. The molecule has 0 bridgehead atoms. The molecule has 19 heavy (non-hydrogen) atoms. The average molecular weight is 296 g/mol. The molecule has 0 saturated heterocycles. The molecule has 0 aromatic rings. The second kappa shape index (κ2) is 6.94. The summed E-state index contributed by atoms with van der Waals surface area (Å²) in [5, 5.41) is 12.9. The fourth-order valence-corrected chi connectivity index (χ4v) is 1.17. The van der Waals surface area contributed by atoms with Gasteiger partial charge in [0.25, 0.3) is 0 Å². The monoisotopic (exact) mass is 296 g/mol. The Bertz CT molecular complexity index is 275. The van der Waals surface area contributed by atoms with Gasteiger partial charge in [0.05, 0.1) is 6.10 Å². The van der Waals surface area contributed by atoms with Crippen LogP contribution in [-0.2, 0) is 4.79 Å². The van der Waals surface area contributed by atoms with E-state index in [1.54, 1.807) is 5.32 Å². The topological polar surface area (TPSA) is 61.4 Å². The van der Waals surface area contributed by atoms with Gasteiger partial charge in [0.15, 0.2) is 0 Å². The second-order valence-electron chi connectivity index (χ2n) is 3.86. The van der Waals surface area contributed by atoms with E-state index in [4.69, 9.17) is 5.11 Å². The van der Waals surface area contributed by atoms with Gasteiger partial charge in [-0.25, -0.2) is 0 Å². The van der Waals surface area contributed by atoms with Crippen LogP contribution in [0.25, 0.3) is 0 Å². The molecule has 1 amide bonds. The second-order valence-corrected chi connectivity index (χ2v) is 3.86. The van der Waals surface area contributed by atoms with Gasteiger partial charge in [-0.2, -0.15) is 26.3 Å². The lowest BCUT2D eigenvalue weighted by Crippen LogP contribution is -2.49. The summed E-state index contributed by atoms with van der Waals surface area (Å²) in [6, 6.07) is 0. The minimum Gasteiger partial charge on any atom is -0.392 e. The van der Waals surface area contributed by atoms with Crippen LogP contribution in [0.5, 0.6) is 0 Å². The molecule has 10 heteroatoms. The van der Waals surface area contributed by atoms with Crippen LogP contribution in [0.4, 0.5) is 26.3 Å². The minimum atomic E-state index is -5.69. The van der Waals surface area contributed by atoms with Gasteiger partial charge >= 0.3 is 12.4 Å². The Morgan fingerprint density at radius 2 is 1.58 bits per heavy atom. The van der Waals surface area contributed by atoms with Crippen LogP contribution in [0.15, 0.2) is 0 Å². The van der Waals surface area contributed by atoms with Crippen LogP contribution in [-0.4, -0.2) is 49.1 Å². The zero-order chi connectivity index (χ0) is 15.3. The Morgan fingerprint density at radius 1 is 1.11 bits per heavy atom. The maximum Gasteiger partial charge on any atom is 0.409 e. The van der Waals surface area contributed by atoms with E-state index < -0.39 is 36.8 Å². The molecule has 0 aliphatic rings. The molecule has 0 fully saturated rings. The highest BCUT2D eigenvalue weighted by molar-refractivity contribution is 5.80. The third-order valence-corrected chi connectivity index (χ3v) is 1.96. The number of halogens is 6. The van der Waals surface area contributed by atoms with Gasteiger partial charge in [0, 0.05) is 19.6 Å². The van der Waals surface area contributed by atoms with E-state index in [-0.39, 0.29) is 13.1 Å². The molecule has 0 aromatic heterocycles. The molecule has 0 saturated carbocycles. The number of aliphatic hydroxyl groups is 1. The van der Waals surface area contributed by atoms with E-state index in [0.29, 0.717) is 0 Å². The fourth-order valence-electron chi connectivity index (χ4n) is 1.17. The zero-order valence-corrected chi connectivity index (χ0v) is 9.90. The standard InChI is InChI=1S/C9H14F6N2O2/c1-5(18)4-16-2-3-17-7(19)6(8(10,11)12)9(13,14)15/h5-6,16,18H,2-4H2,1H3,(H,17,19). The summed E-state index contributed by atoms with van der Waals surface area (Å²) in [6.07, 6.45) is -12.1. The molecule has 0 radical (unpaired) electrons. The number of hydrogen-bond donors (Lipinski definition) is 3. The molecular formula is C9H14F6N2O2. The van der Waals surface area contributed by atoms with Crippen LogP contribution < -0.4 is 10.6 Å². The first-order chi connectivity index (χ1) is 8.46. The lowest BCUT2D eigenvalue weighted by atomic mass is 10.1. The number of amides is 1. The number of aliphatic hydroxyl groups excluding tert-OH is 1. The van der Waals surface area contributed by atoms with Crippen molar-refractivity contribution in [3.05, 3.63) is 0 Å². The summed E-state index contributed by atoms with van der Waals surface area (Å²) in [6.45, 7) is 1.08. The third kappa shape index (κ3) is 7.21. The molecule has 1 atom stereocenters. The number of carbonyl (C=O) groups is 1. The predicted molar refractivity (Wildman–Crippen MR) is 53.2 cm³/mol. The molecule has 0 aromatic carbocycles. The summed E-state index contributed by atoms with van der Waals surface area (Å²) in [5.41, 5.74) is 0. The van der Waals surface area contributed by atoms with E-state index >= 15 is 0 Å². The van der Waals surface area contributed by atoms with Crippen molar-refractivity contribution < 1.29 is 36.2 Å². The van der Waals surface area contributed by atoms with Crippen molar-refractivity contribution in [1.29, 1.82) is 0 Å². The van der Waals surface area contributed by atoms with Gasteiger partial charge in [-0.05, 0) is 6.92 Å². The number of hydrogen-bond acceptors (Lipinski definition) is 3. The Labute approximate surface area is 105 Å². The maximum absolute atomic E-state index is 12.1. The Balaban J connectivity index is 4.29. The third-order valence-electron chi connectivity index (χ3n) is 1.96. The van der Waals surface area contributed by atoms with Gasteiger partial charge in [-0.3, -0.25) is 4.79 Å². The fraction of sp³-hybridized carbons (Fsp3) is 0.889. The van der Waals surface area contributed by atoms with Crippen molar-refractivity contribution in [3.8, 4) is 0 Å².